The Hall–Kier alpha value is -2.19. The van der Waals surface area contributed by atoms with E-state index in [1.807, 2.05) is 18.4 Å². The summed E-state index contributed by atoms with van der Waals surface area (Å²) in [5.41, 5.74) is 2.18. The van der Waals surface area contributed by atoms with Crippen LogP contribution in [-0.4, -0.2) is 23.4 Å². The molecule has 8 heteroatoms. The molecule has 0 aliphatic heterocycles. The van der Waals surface area contributed by atoms with Gasteiger partial charge in [0.1, 0.15) is 0 Å². The minimum Gasteiger partial charge on any atom is -0.334 e. The van der Waals surface area contributed by atoms with Gasteiger partial charge >= 0.3 is 0 Å². The van der Waals surface area contributed by atoms with Crippen LogP contribution in [0.15, 0.2) is 47.2 Å². The second kappa shape index (κ2) is 5.30. The summed E-state index contributed by atoms with van der Waals surface area (Å²) in [5.74, 6) is 0. The largest absolute Gasteiger partial charge is 0.334 e. The number of nitrogens with zero attached hydrogens (tertiary/aromatic N) is 2. The summed E-state index contributed by atoms with van der Waals surface area (Å²) >= 11 is 1.55. The monoisotopic (exact) mass is 320 g/mol. The van der Waals surface area contributed by atoms with Crippen molar-refractivity contribution in [2.45, 2.75) is 11.9 Å². The number of thiazole rings is 1. The highest BCUT2D eigenvalue weighted by molar-refractivity contribution is 7.92. The topological polar surface area (TPSA) is 87.7 Å². The molecule has 0 unspecified atom stereocenters. The van der Waals surface area contributed by atoms with E-state index in [1.54, 1.807) is 29.5 Å². The number of rotatable bonds is 4. The number of anilines is 1. The first-order chi connectivity index (χ1) is 10.0. The molecule has 0 spiro atoms. The molecule has 108 valence electrons. The van der Waals surface area contributed by atoms with Crippen LogP contribution < -0.4 is 4.72 Å². The van der Waals surface area contributed by atoms with Crippen molar-refractivity contribution in [2.75, 3.05) is 4.72 Å². The van der Waals surface area contributed by atoms with Crippen molar-refractivity contribution in [1.82, 2.24) is 15.0 Å². The van der Waals surface area contributed by atoms with E-state index in [2.05, 4.69) is 19.7 Å². The van der Waals surface area contributed by atoms with E-state index >= 15 is 0 Å². The minimum atomic E-state index is -3.65. The molecule has 2 heterocycles. The van der Waals surface area contributed by atoms with Crippen molar-refractivity contribution in [3.8, 4) is 11.3 Å². The van der Waals surface area contributed by atoms with Gasteiger partial charge in [-0.1, -0.05) is 12.1 Å². The molecule has 2 N–H and O–H groups in total. The number of aryl methyl sites for hydroxylation is 1. The van der Waals surface area contributed by atoms with Gasteiger partial charge in [-0.2, -0.15) is 8.42 Å². The van der Waals surface area contributed by atoms with Crippen LogP contribution in [0.5, 0.6) is 0 Å². The smallest absolute Gasteiger partial charge is 0.278 e. The average molecular weight is 320 g/mol. The van der Waals surface area contributed by atoms with E-state index in [0.29, 0.717) is 5.69 Å². The molecule has 0 radical (unpaired) electrons. The number of benzene rings is 1. The van der Waals surface area contributed by atoms with Gasteiger partial charge in [-0.3, -0.25) is 4.72 Å². The number of aromatic nitrogens is 3. The predicted octanol–water partition coefficient (Wildman–Crippen LogP) is 2.64. The zero-order valence-corrected chi connectivity index (χ0v) is 12.7. The molecule has 0 aliphatic carbocycles. The van der Waals surface area contributed by atoms with E-state index in [4.69, 9.17) is 0 Å². The van der Waals surface area contributed by atoms with Gasteiger partial charge in [-0.05, 0) is 19.1 Å². The fourth-order valence-electron chi connectivity index (χ4n) is 1.84. The SMILES string of the molecule is Cc1nc(-c2cccc(NS(=O)(=O)c3cnc[nH]3)c2)cs1. The number of imidazole rings is 1. The Morgan fingerprint density at radius 1 is 1.33 bits per heavy atom. The van der Waals surface area contributed by atoms with E-state index in [1.165, 1.54) is 12.5 Å². The van der Waals surface area contributed by atoms with Crippen molar-refractivity contribution in [3.63, 3.8) is 0 Å². The summed E-state index contributed by atoms with van der Waals surface area (Å²) in [6, 6.07) is 7.12. The maximum absolute atomic E-state index is 12.1. The average Bonchev–Trinajstić information content (AvgIpc) is 3.09. The van der Waals surface area contributed by atoms with Crippen molar-refractivity contribution in [1.29, 1.82) is 0 Å². The molecule has 3 aromatic rings. The van der Waals surface area contributed by atoms with Gasteiger partial charge < -0.3 is 4.98 Å². The Labute approximate surface area is 126 Å². The zero-order chi connectivity index (χ0) is 14.9. The lowest BCUT2D eigenvalue weighted by atomic mass is 10.1. The Bertz CT molecular complexity index is 854. The highest BCUT2D eigenvalue weighted by Gasteiger charge is 2.15. The molecule has 0 aliphatic rings. The summed E-state index contributed by atoms with van der Waals surface area (Å²) < 4.78 is 26.8. The first-order valence-electron chi connectivity index (χ1n) is 6.08. The summed E-state index contributed by atoms with van der Waals surface area (Å²) in [6.45, 7) is 1.93. The normalized spacial score (nSPS) is 11.5. The standard InChI is InChI=1S/C13H12N4O2S2/c1-9-16-12(7-20-9)10-3-2-4-11(5-10)17-21(18,19)13-6-14-8-15-13/h2-8,17H,1H3,(H,14,15). The summed E-state index contributed by atoms with van der Waals surface area (Å²) in [5, 5.41) is 2.93. The van der Waals surface area contributed by atoms with Crippen molar-refractivity contribution >= 4 is 27.0 Å². The second-order valence-corrected chi connectivity index (χ2v) is 7.07. The summed E-state index contributed by atoms with van der Waals surface area (Å²) in [6.07, 6.45) is 2.58. The molecule has 0 bridgehead atoms. The van der Waals surface area contributed by atoms with Crippen LogP contribution in [0, 0.1) is 6.92 Å². The van der Waals surface area contributed by atoms with E-state index < -0.39 is 10.0 Å². The first-order valence-corrected chi connectivity index (χ1v) is 8.45. The van der Waals surface area contributed by atoms with Gasteiger partial charge in [0, 0.05) is 16.6 Å². The van der Waals surface area contributed by atoms with Gasteiger partial charge in [0.15, 0.2) is 5.03 Å². The molecular formula is C13H12N4O2S2. The van der Waals surface area contributed by atoms with Gasteiger partial charge in [0.2, 0.25) is 0 Å². The number of sulfonamides is 1. The van der Waals surface area contributed by atoms with E-state index in [0.717, 1.165) is 16.3 Å². The Morgan fingerprint density at radius 3 is 2.86 bits per heavy atom. The van der Waals surface area contributed by atoms with Crippen molar-refractivity contribution in [3.05, 3.63) is 47.2 Å². The number of aromatic amines is 1. The molecule has 0 fully saturated rings. The highest BCUT2D eigenvalue weighted by Crippen LogP contribution is 2.25. The van der Waals surface area contributed by atoms with Gasteiger partial charge in [0.05, 0.1) is 23.2 Å². The predicted molar refractivity (Wildman–Crippen MR) is 81.7 cm³/mol. The van der Waals surface area contributed by atoms with E-state index in [9.17, 15) is 8.42 Å². The summed E-state index contributed by atoms with van der Waals surface area (Å²) in [7, 11) is -3.65. The molecule has 2 aromatic heterocycles. The third-order valence-corrected chi connectivity index (χ3v) is 4.87. The molecular weight excluding hydrogens is 308 g/mol. The lowest BCUT2D eigenvalue weighted by molar-refractivity contribution is 0.598. The summed E-state index contributed by atoms with van der Waals surface area (Å²) in [4.78, 5) is 10.7. The van der Waals surface area contributed by atoms with Crippen LogP contribution >= 0.6 is 11.3 Å². The van der Waals surface area contributed by atoms with Crippen LogP contribution in [0.2, 0.25) is 0 Å². The van der Waals surface area contributed by atoms with E-state index in [-0.39, 0.29) is 5.03 Å². The lowest BCUT2D eigenvalue weighted by Crippen LogP contribution is -2.13. The fourth-order valence-corrected chi connectivity index (χ4v) is 3.41. The first kappa shape index (κ1) is 13.8. The number of hydrogen-bond acceptors (Lipinski definition) is 5. The van der Waals surface area contributed by atoms with Gasteiger partial charge in [-0.15, -0.1) is 11.3 Å². The molecule has 21 heavy (non-hydrogen) atoms. The maximum atomic E-state index is 12.1. The van der Waals surface area contributed by atoms with Gasteiger partial charge in [0.25, 0.3) is 10.0 Å². The van der Waals surface area contributed by atoms with Gasteiger partial charge in [-0.25, -0.2) is 9.97 Å². The molecule has 0 amide bonds. The molecule has 0 atom stereocenters. The molecule has 1 aromatic carbocycles. The Morgan fingerprint density at radius 2 is 2.19 bits per heavy atom. The van der Waals surface area contributed by atoms with Crippen LogP contribution in [0.1, 0.15) is 5.01 Å². The van der Waals surface area contributed by atoms with Crippen LogP contribution in [-0.2, 0) is 10.0 Å². The third-order valence-electron chi connectivity index (χ3n) is 2.79. The molecule has 3 rings (SSSR count). The quantitative estimate of drug-likeness (QED) is 0.773. The number of hydrogen-bond donors (Lipinski definition) is 2. The lowest BCUT2D eigenvalue weighted by Gasteiger charge is -2.07. The number of nitrogens with one attached hydrogen (secondary N) is 2. The maximum Gasteiger partial charge on any atom is 0.278 e. The second-order valence-electron chi connectivity index (χ2n) is 4.35. The molecule has 0 saturated heterocycles. The van der Waals surface area contributed by atoms with Crippen LogP contribution in [0.4, 0.5) is 5.69 Å². The Balaban J connectivity index is 1.91. The fraction of sp³-hybridized carbons (Fsp3) is 0.0769. The molecule has 0 saturated carbocycles. The minimum absolute atomic E-state index is 0.0254. The third kappa shape index (κ3) is 2.96. The van der Waals surface area contributed by atoms with Crippen molar-refractivity contribution in [2.24, 2.45) is 0 Å². The zero-order valence-electron chi connectivity index (χ0n) is 11.1. The van der Waals surface area contributed by atoms with Crippen LogP contribution in [0.25, 0.3) is 11.3 Å². The van der Waals surface area contributed by atoms with Crippen molar-refractivity contribution < 1.29 is 8.42 Å². The Kier molecular flexibility index (Phi) is 3.48. The highest BCUT2D eigenvalue weighted by atomic mass is 32.2. The number of H-pyrrole nitrogens is 1. The molecule has 6 nitrogen and oxygen atoms in total. The van der Waals surface area contributed by atoms with Crippen LogP contribution in [0.3, 0.4) is 0 Å².